The topological polar surface area (TPSA) is 67.4 Å². The first kappa shape index (κ1) is 18.0. The van der Waals surface area contributed by atoms with Crippen molar-refractivity contribution in [3.05, 3.63) is 58.6 Å². The predicted molar refractivity (Wildman–Crippen MR) is 97.1 cm³/mol. The molecule has 2 N–H and O–H groups in total. The van der Waals surface area contributed by atoms with Crippen LogP contribution in [0.5, 0.6) is 5.75 Å². The highest BCUT2D eigenvalue weighted by atomic mass is 79.9. The van der Waals surface area contributed by atoms with E-state index in [0.717, 1.165) is 10.0 Å². The molecule has 0 heterocycles. The molecular weight excluding hydrogens is 372 g/mol. The molecule has 1 atom stereocenters. The molecule has 126 valence electrons. The van der Waals surface area contributed by atoms with E-state index in [-0.39, 0.29) is 18.4 Å². The standard InChI is InChI=1S/C18H19BrN2O3/c1-12-10-14(19)8-9-16(12)21-17(22)11-20-18(23)13(2)24-15-6-4-3-5-7-15/h3-10,13H,11H2,1-2H3,(H,20,23)(H,21,22). The number of anilines is 1. The molecule has 2 aromatic rings. The van der Waals surface area contributed by atoms with Gasteiger partial charge in [-0.2, -0.15) is 0 Å². The van der Waals surface area contributed by atoms with Crippen molar-refractivity contribution in [1.82, 2.24) is 5.32 Å². The summed E-state index contributed by atoms with van der Waals surface area (Å²) in [6, 6.07) is 14.6. The van der Waals surface area contributed by atoms with Gasteiger partial charge in [0.15, 0.2) is 6.10 Å². The minimum Gasteiger partial charge on any atom is -0.481 e. The molecule has 0 fully saturated rings. The van der Waals surface area contributed by atoms with Gasteiger partial charge < -0.3 is 15.4 Å². The van der Waals surface area contributed by atoms with Crippen LogP contribution in [0.2, 0.25) is 0 Å². The van der Waals surface area contributed by atoms with E-state index in [2.05, 4.69) is 26.6 Å². The molecular formula is C18H19BrN2O3. The van der Waals surface area contributed by atoms with Crippen LogP contribution >= 0.6 is 15.9 Å². The summed E-state index contributed by atoms with van der Waals surface area (Å²) < 4.78 is 6.45. The predicted octanol–water partition coefficient (Wildman–Crippen LogP) is 3.28. The number of para-hydroxylation sites is 1. The summed E-state index contributed by atoms with van der Waals surface area (Å²) in [5.41, 5.74) is 1.65. The molecule has 0 aliphatic carbocycles. The van der Waals surface area contributed by atoms with Gasteiger partial charge in [0.25, 0.3) is 5.91 Å². The highest BCUT2D eigenvalue weighted by Gasteiger charge is 2.15. The van der Waals surface area contributed by atoms with E-state index < -0.39 is 6.10 Å². The number of carbonyl (C=O) groups excluding carboxylic acids is 2. The molecule has 2 amide bonds. The van der Waals surface area contributed by atoms with Crippen LogP contribution in [0.15, 0.2) is 53.0 Å². The number of ether oxygens (including phenoxy) is 1. The first-order valence-electron chi connectivity index (χ1n) is 7.51. The number of halogens is 1. The maximum absolute atomic E-state index is 12.0. The summed E-state index contributed by atoms with van der Waals surface area (Å²) in [6.07, 6.45) is -0.686. The smallest absolute Gasteiger partial charge is 0.261 e. The second-order valence-corrected chi connectivity index (χ2v) is 6.21. The highest BCUT2D eigenvalue weighted by Crippen LogP contribution is 2.19. The highest BCUT2D eigenvalue weighted by molar-refractivity contribution is 9.10. The van der Waals surface area contributed by atoms with Gasteiger partial charge in [-0.25, -0.2) is 0 Å². The second kappa shape index (κ2) is 8.49. The Hall–Kier alpha value is -2.34. The van der Waals surface area contributed by atoms with Crippen molar-refractivity contribution in [2.45, 2.75) is 20.0 Å². The number of hydrogen-bond acceptors (Lipinski definition) is 3. The summed E-state index contributed by atoms with van der Waals surface area (Å²) in [5.74, 6) is -0.0303. The number of aryl methyl sites for hydroxylation is 1. The fourth-order valence-electron chi connectivity index (χ4n) is 2.03. The van der Waals surface area contributed by atoms with Gasteiger partial charge in [0.05, 0.1) is 6.54 Å². The van der Waals surface area contributed by atoms with Gasteiger partial charge >= 0.3 is 0 Å². The molecule has 2 aromatic carbocycles. The SMILES string of the molecule is Cc1cc(Br)ccc1NC(=O)CNC(=O)C(C)Oc1ccccc1. The molecule has 2 rings (SSSR count). The van der Waals surface area contributed by atoms with E-state index in [0.29, 0.717) is 11.4 Å². The molecule has 5 nitrogen and oxygen atoms in total. The minimum absolute atomic E-state index is 0.114. The van der Waals surface area contributed by atoms with Gasteiger partial charge in [0, 0.05) is 10.2 Å². The van der Waals surface area contributed by atoms with Crippen LogP contribution in [-0.4, -0.2) is 24.5 Å². The summed E-state index contributed by atoms with van der Waals surface area (Å²) in [6.45, 7) is 3.42. The van der Waals surface area contributed by atoms with Crippen molar-refractivity contribution in [3.63, 3.8) is 0 Å². The van der Waals surface area contributed by atoms with Crippen LogP contribution in [0, 0.1) is 6.92 Å². The lowest BCUT2D eigenvalue weighted by Crippen LogP contribution is -2.40. The van der Waals surface area contributed by atoms with Gasteiger partial charge in [-0.15, -0.1) is 0 Å². The second-order valence-electron chi connectivity index (χ2n) is 5.30. The maximum Gasteiger partial charge on any atom is 0.261 e. The quantitative estimate of drug-likeness (QED) is 0.794. The molecule has 0 aliphatic rings. The van der Waals surface area contributed by atoms with E-state index in [1.165, 1.54) is 0 Å². The van der Waals surface area contributed by atoms with E-state index in [1.54, 1.807) is 25.1 Å². The average molecular weight is 391 g/mol. The van der Waals surface area contributed by atoms with Crippen LogP contribution < -0.4 is 15.4 Å². The number of amides is 2. The van der Waals surface area contributed by atoms with Crippen molar-refractivity contribution in [1.29, 1.82) is 0 Å². The van der Waals surface area contributed by atoms with Crippen molar-refractivity contribution >= 4 is 33.4 Å². The largest absolute Gasteiger partial charge is 0.481 e. The zero-order valence-electron chi connectivity index (χ0n) is 13.5. The lowest BCUT2D eigenvalue weighted by atomic mass is 10.2. The third-order valence-electron chi connectivity index (χ3n) is 3.31. The van der Waals surface area contributed by atoms with E-state index in [4.69, 9.17) is 4.74 Å². The van der Waals surface area contributed by atoms with Gasteiger partial charge in [-0.05, 0) is 49.7 Å². The molecule has 1 unspecified atom stereocenters. The minimum atomic E-state index is -0.686. The van der Waals surface area contributed by atoms with Crippen LogP contribution in [0.25, 0.3) is 0 Å². The molecule has 0 saturated heterocycles. The van der Waals surface area contributed by atoms with Crippen molar-refractivity contribution in [3.8, 4) is 5.75 Å². The molecule has 0 spiro atoms. The fourth-order valence-corrected chi connectivity index (χ4v) is 2.51. The Kier molecular flexibility index (Phi) is 6.37. The van der Waals surface area contributed by atoms with Crippen molar-refractivity contribution < 1.29 is 14.3 Å². The Labute approximate surface area is 149 Å². The number of benzene rings is 2. The van der Waals surface area contributed by atoms with E-state index in [9.17, 15) is 9.59 Å². The summed E-state index contributed by atoms with van der Waals surface area (Å²) >= 11 is 3.37. The Morgan fingerprint density at radius 3 is 2.54 bits per heavy atom. The number of hydrogen-bond donors (Lipinski definition) is 2. The Morgan fingerprint density at radius 1 is 1.17 bits per heavy atom. The Balaban J connectivity index is 1.81. The van der Waals surface area contributed by atoms with Gasteiger partial charge in [0.2, 0.25) is 5.91 Å². The van der Waals surface area contributed by atoms with E-state index in [1.807, 2.05) is 37.3 Å². The maximum atomic E-state index is 12.0. The summed E-state index contributed by atoms with van der Waals surface area (Å²) in [7, 11) is 0. The molecule has 0 radical (unpaired) electrons. The lowest BCUT2D eigenvalue weighted by molar-refractivity contribution is -0.129. The van der Waals surface area contributed by atoms with Crippen LogP contribution in [0.4, 0.5) is 5.69 Å². The summed E-state index contributed by atoms with van der Waals surface area (Å²) in [5, 5.41) is 5.33. The zero-order valence-corrected chi connectivity index (χ0v) is 15.1. The normalized spacial score (nSPS) is 11.5. The van der Waals surface area contributed by atoms with Crippen LogP contribution in [-0.2, 0) is 9.59 Å². The molecule has 24 heavy (non-hydrogen) atoms. The molecule has 0 aromatic heterocycles. The van der Waals surface area contributed by atoms with Gasteiger partial charge in [0.1, 0.15) is 5.75 Å². The van der Waals surface area contributed by atoms with Crippen LogP contribution in [0.1, 0.15) is 12.5 Å². The Morgan fingerprint density at radius 2 is 1.88 bits per heavy atom. The molecule has 6 heteroatoms. The number of carbonyl (C=O) groups is 2. The zero-order chi connectivity index (χ0) is 17.5. The average Bonchev–Trinajstić information content (AvgIpc) is 2.56. The third-order valence-corrected chi connectivity index (χ3v) is 3.80. The monoisotopic (exact) mass is 390 g/mol. The molecule has 0 bridgehead atoms. The molecule has 0 aliphatic heterocycles. The van der Waals surface area contributed by atoms with E-state index >= 15 is 0 Å². The first-order valence-corrected chi connectivity index (χ1v) is 8.30. The molecule has 0 saturated carbocycles. The van der Waals surface area contributed by atoms with Crippen LogP contribution in [0.3, 0.4) is 0 Å². The number of nitrogens with one attached hydrogen (secondary N) is 2. The van der Waals surface area contributed by atoms with Crippen molar-refractivity contribution in [2.75, 3.05) is 11.9 Å². The Bertz CT molecular complexity index is 719. The van der Waals surface area contributed by atoms with Crippen molar-refractivity contribution in [2.24, 2.45) is 0 Å². The van der Waals surface area contributed by atoms with Gasteiger partial charge in [-0.1, -0.05) is 34.1 Å². The van der Waals surface area contributed by atoms with Gasteiger partial charge in [-0.3, -0.25) is 9.59 Å². The fraction of sp³-hybridized carbons (Fsp3) is 0.222. The third kappa shape index (κ3) is 5.38. The first-order chi connectivity index (χ1) is 11.5. The lowest BCUT2D eigenvalue weighted by Gasteiger charge is -2.15. The number of rotatable bonds is 6. The summed E-state index contributed by atoms with van der Waals surface area (Å²) in [4.78, 5) is 24.0.